The number of nitrogens with zero attached hydrogens (tertiary/aromatic N) is 5. The Morgan fingerprint density at radius 2 is 2.21 bits per heavy atom. The highest BCUT2D eigenvalue weighted by molar-refractivity contribution is 6.02. The Morgan fingerprint density at radius 3 is 2.86 bits per heavy atom. The van der Waals surface area contributed by atoms with E-state index in [4.69, 9.17) is 0 Å². The Bertz CT molecular complexity index is 1030. The molecule has 9 heteroatoms. The van der Waals surface area contributed by atoms with Crippen LogP contribution in [0, 0.1) is 5.92 Å². The number of anilines is 2. The lowest BCUT2D eigenvalue weighted by atomic mass is 10.1. The predicted octanol–water partition coefficient (Wildman–Crippen LogP) is 2.30. The van der Waals surface area contributed by atoms with Crippen molar-refractivity contribution >= 4 is 29.5 Å². The minimum Gasteiger partial charge on any atom is -0.351 e. The molecule has 2 N–H and O–H groups in total. The van der Waals surface area contributed by atoms with E-state index >= 15 is 0 Å². The van der Waals surface area contributed by atoms with Gasteiger partial charge in [0.2, 0.25) is 11.9 Å². The van der Waals surface area contributed by atoms with Crippen LogP contribution < -0.4 is 15.5 Å². The van der Waals surface area contributed by atoms with Gasteiger partial charge in [0, 0.05) is 35.8 Å². The summed E-state index contributed by atoms with van der Waals surface area (Å²) in [5.74, 6) is 1.57. The second-order valence-corrected chi connectivity index (χ2v) is 8.19. The number of aromatic nitrogens is 4. The Labute approximate surface area is 167 Å². The number of nitrogens with one attached hydrogen (secondary N) is 2. The van der Waals surface area contributed by atoms with Gasteiger partial charge in [0.25, 0.3) is 5.91 Å². The molecule has 29 heavy (non-hydrogen) atoms. The van der Waals surface area contributed by atoms with E-state index in [-0.39, 0.29) is 11.9 Å². The summed E-state index contributed by atoms with van der Waals surface area (Å²) in [6, 6.07) is 0.270. The maximum Gasteiger partial charge on any atom is 0.251 e. The molecule has 2 aromatic heterocycles. The molecule has 1 amide bonds. The fraction of sp³-hybridized carbons (Fsp3) is 0.500. The molecule has 0 aromatic carbocycles. The van der Waals surface area contributed by atoms with Gasteiger partial charge in [-0.1, -0.05) is 6.58 Å². The quantitative estimate of drug-likeness (QED) is 0.753. The first-order chi connectivity index (χ1) is 14.0. The van der Waals surface area contributed by atoms with Crippen LogP contribution in [0.4, 0.5) is 16.3 Å². The zero-order valence-corrected chi connectivity index (χ0v) is 16.4. The number of fused-ring (bicyclic) bond motifs is 1. The average molecular weight is 397 g/mol. The standard InChI is InChI=1S/C20H24FN7O/c1-11-7-14(18(29)23-11)8-15-9-22-28-17(15)25-19(24-12(2)13-3-4-13)26-20(28)27-6-5-16(21)10-27/h8-9,12-13,16H,1,3-7,10H2,2H3,(H,23,29)(H,24,25)/b14-8+/t12-,16-/m1/s1. The van der Waals surface area contributed by atoms with E-state index in [0.29, 0.717) is 60.7 Å². The second-order valence-electron chi connectivity index (χ2n) is 8.19. The highest BCUT2D eigenvalue weighted by Crippen LogP contribution is 2.34. The van der Waals surface area contributed by atoms with Crippen LogP contribution in [0.3, 0.4) is 0 Å². The maximum absolute atomic E-state index is 13.8. The molecule has 2 aliphatic heterocycles. The third-order valence-electron chi connectivity index (χ3n) is 5.79. The van der Waals surface area contributed by atoms with Crippen LogP contribution in [0.1, 0.15) is 38.2 Å². The molecule has 1 saturated carbocycles. The number of allylic oxidation sites excluding steroid dienone is 1. The lowest BCUT2D eigenvalue weighted by Gasteiger charge is -2.19. The molecule has 1 aliphatic carbocycles. The van der Waals surface area contributed by atoms with E-state index in [2.05, 4.69) is 39.2 Å². The molecule has 0 radical (unpaired) electrons. The van der Waals surface area contributed by atoms with Gasteiger partial charge in [0.1, 0.15) is 6.17 Å². The van der Waals surface area contributed by atoms with Gasteiger partial charge in [0.15, 0.2) is 5.65 Å². The van der Waals surface area contributed by atoms with Crippen LogP contribution in [0.25, 0.3) is 11.7 Å². The molecular weight excluding hydrogens is 373 g/mol. The maximum atomic E-state index is 13.8. The third-order valence-corrected chi connectivity index (χ3v) is 5.79. The van der Waals surface area contributed by atoms with Crippen LogP contribution in [0.5, 0.6) is 0 Å². The fourth-order valence-electron chi connectivity index (χ4n) is 3.97. The molecule has 0 spiro atoms. The number of carbonyl (C=O) groups is 1. The summed E-state index contributed by atoms with van der Waals surface area (Å²) in [5.41, 5.74) is 2.63. The summed E-state index contributed by atoms with van der Waals surface area (Å²) in [4.78, 5) is 23.3. The number of rotatable bonds is 5. The van der Waals surface area contributed by atoms with Crippen molar-refractivity contribution in [1.82, 2.24) is 24.9 Å². The van der Waals surface area contributed by atoms with Crippen molar-refractivity contribution in [3.63, 3.8) is 0 Å². The first kappa shape index (κ1) is 18.1. The van der Waals surface area contributed by atoms with Gasteiger partial charge < -0.3 is 15.5 Å². The average Bonchev–Trinajstić information content (AvgIpc) is 3.22. The molecule has 3 aliphatic rings. The summed E-state index contributed by atoms with van der Waals surface area (Å²) in [7, 11) is 0. The molecule has 0 unspecified atom stereocenters. The van der Waals surface area contributed by atoms with E-state index in [1.807, 2.05) is 4.90 Å². The highest BCUT2D eigenvalue weighted by Gasteiger charge is 2.30. The van der Waals surface area contributed by atoms with Gasteiger partial charge in [-0.15, -0.1) is 0 Å². The molecule has 152 valence electrons. The first-order valence-electron chi connectivity index (χ1n) is 10.1. The first-order valence-corrected chi connectivity index (χ1v) is 10.1. The summed E-state index contributed by atoms with van der Waals surface area (Å²) in [6.45, 7) is 6.83. The summed E-state index contributed by atoms with van der Waals surface area (Å²) < 4.78 is 15.5. The topological polar surface area (TPSA) is 87.5 Å². The smallest absolute Gasteiger partial charge is 0.251 e. The normalized spacial score (nSPS) is 24.6. The van der Waals surface area contributed by atoms with Gasteiger partial charge in [-0.3, -0.25) is 4.79 Å². The summed E-state index contributed by atoms with van der Waals surface area (Å²) in [6.07, 6.45) is 5.98. The van der Waals surface area contributed by atoms with Crippen LogP contribution in [-0.2, 0) is 4.79 Å². The number of hydrogen-bond donors (Lipinski definition) is 2. The van der Waals surface area contributed by atoms with E-state index < -0.39 is 6.17 Å². The van der Waals surface area contributed by atoms with E-state index in [1.54, 1.807) is 16.8 Å². The summed E-state index contributed by atoms with van der Waals surface area (Å²) in [5, 5.41) is 10.6. The van der Waals surface area contributed by atoms with Crippen molar-refractivity contribution in [1.29, 1.82) is 0 Å². The van der Waals surface area contributed by atoms with E-state index in [9.17, 15) is 9.18 Å². The largest absolute Gasteiger partial charge is 0.351 e. The highest BCUT2D eigenvalue weighted by atomic mass is 19.1. The SMILES string of the molecule is C=C1C/C(=C\c2cnn3c(N4CC[C@@H](F)C4)nc(N[C@H](C)C4CC4)nc23)C(=O)N1. The van der Waals surface area contributed by atoms with Gasteiger partial charge in [-0.05, 0) is 38.2 Å². The van der Waals surface area contributed by atoms with Gasteiger partial charge in [0.05, 0.1) is 12.7 Å². The molecular formula is C20H24FN7O. The third kappa shape index (κ3) is 3.45. The molecule has 8 nitrogen and oxygen atoms in total. The molecule has 2 saturated heterocycles. The van der Waals surface area contributed by atoms with Crippen molar-refractivity contribution in [2.24, 2.45) is 5.92 Å². The van der Waals surface area contributed by atoms with Gasteiger partial charge in [-0.2, -0.15) is 19.6 Å². The number of carbonyl (C=O) groups excluding carboxylic acids is 1. The molecule has 0 bridgehead atoms. The lowest BCUT2D eigenvalue weighted by Crippen LogP contribution is -2.26. The zero-order chi connectivity index (χ0) is 20.1. The number of hydrogen-bond acceptors (Lipinski definition) is 6. The van der Waals surface area contributed by atoms with Crippen molar-refractivity contribution < 1.29 is 9.18 Å². The Balaban J connectivity index is 1.57. The van der Waals surface area contributed by atoms with E-state index in [1.165, 1.54) is 12.8 Å². The van der Waals surface area contributed by atoms with Gasteiger partial charge >= 0.3 is 0 Å². The Hall–Kier alpha value is -2.97. The second kappa shape index (κ2) is 6.82. The minimum atomic E-state index is -0.868. The van der Waals surface area contributed by atoms with Crippen LogP contribution >= 0.6 is 0 Å². The number of halogens is 1. The predicted molar refractivity (Wildman–Crippen MR) is 108 cm³/mol. The van der Waals surface area contributed by atoms with Crippen molar-refractivity contribution in [2.45, 2.75) is 44.8 Å². The van der Waals surface area contributed by atoms with Crippen molar-refractivity contribution in [3.8, 4) is 0 Å². The molecule has 3 fully saturated rings. The lowest BCUT2D eigenvalue weighted by molar-refractivity contribution is -0.115. The van der Waals surface area contributed by atoms with Crippen LogP contribution in [0.15, 0.2) is 24.0 Å². The molecule has 2 aromatic rings. The Morgan fingerprint density at radius 1 is 1.38 bits per heavy atom. The van der Waals surface area contributed by atoms with Gasteiger partial charge in [-0.25, -0.2) is 4.39 Å². The number of amides is 1. The van der Waals surface area contributed by atoms with Crippen LogP contribution in [0.2, 0.25) is 0 Å². The fourth-order valence-corrected chi connectivity index (χ4v) is 3.97. The summed E-state index contributed by atoms with van der Waals surface area (Å²) >= 11 is 0. The monoisotopic (exact) mass is 397 g/mol. The van der Waals surface area contributed by atoms with Crippen LogP contribution in [-0.4, -0.2) is 50.8 Å². The minimum absolute atomic E-state index is 0.149. The van der Waals surface area contributed by atoms with Crippen molar-refractivity contribution in [3.05, 3.63) is 29.6 Å². The number of alkyl halides is 1. The van der Waals surface area contributed by atoms with Crippen molar-refractivity contribution in [2.75, 3.05) is 23.3 Å². The van der Waals surface area contributed by atoms with E-state index in [0.717, 1.165) is 5.56 Å². The molecule has 2 atom stereocenters. The molecule has 4 heterocycles. The Kier molecular flexibility index (Phi) is 4.25. The zero-order valence-electron chi connectivity index (χ0n) is 16.4. The molecule has 5 rings (SSSR count).